The molecular formula is C23H19FN4O2. The first-order chi connectivity index (χ1) is 14.7. The third-order valence-electron chi connectivity index (χ3n) is 6.06. The number of pyridine rings is 2. The molecule has 7 heteroatoms. The molecule has 4 aromatic rings. The molecule has 30 heavy (non-hydrogen) atoms. The second-order valence-corrected chi connectivity index (χ2v) is 7.76. The molecule has 6 rings (SSSR count). The molecule has 0 saturated carbocycles. The van der Waals surface area contributed by atoms with Crippen molar-refractivity contribution in [3.63, 3.8) is 0 Å². The van der Waals surface area contributed by atoms with Crippen LogP contribution in [0.1, 0.15) is 28.4 Å². The monoisotopic (exact) mass is 402 g/mol. The molecule has 0 bridgehead atoms. The fraction of sp³-hybridized carbons (Fsp3) is 0.261. The van der Waals surface area contributed by atoms with E-state index in [1.807, 2.05) is 29.6 Å². The van der Waals surface area contributed by atoms with Crippen LogP contribution >= 0.6 is 0 Å². The summed E-state index contributed by atoms with van der Waals surface area (Å²) < 4.78 is 28.7. The van der Waals surface area contributed by atoms with Gasteiger partial charge in [-0.3, -0.25) is 4.98 Å². The minimum Gasteiger partial charge on any atom is -0.493 e. The third kappa shape index (κ3) is 2.51. The van der Waals surface area contributed by atoms with Crippen molar-refractivity contribution in [1.29, 1.82) is 0 Å². The lowest BCUT2D eigenvalue weighted by molar-refractivity contribution is 0.246. The van der Waals surface area contributed by atoms with E-state index in [0.717, 1.165) is 45.2 Å². The minimum atomic E-state index is -0.190. The standard InChI is InChI=1S/C23H19FN4O2/c1-13-15(3-2-8-25-13)17-9-21-19(28-23(17)26-12-27-28)6-4-16-18(24)5-7-20-22(16)14(10-29-20)11-30-21/h2-3,5,7-9,12,14H,4,6,10-11H2,1H3/t14-/m1/s1. The van der Waals surface area contributed by atoms with Gasteiger partial charge in [-0.05, 0) is 49.6 Å². The van der Waals surface area contributed by atoms with E-state index in [2.05, 4.69) is 15.1 Å². The summed E-state index contributed by atoms with van der Waals surface area (Å²) in [6.07, 6.45) is 4.45. The molecular weight excluding hydrogens is 383 g/mol. The van der Waals surface area contributed by atoms with Crippen molar-refractivity contribution in [1.82, 2.24) is 19.6 Å². The molecule has 0 fully saturated rings. The fourth-order valence-electron chi connectivity index (χ4n) is 4.61. The molecule has 0 saturated heterocycles. The number of hydrogen-bond acceptors (Lipinski definition) is 5. The zero-order valence-corrected chi connectivity index (χ0v) is 16.4. The van der Waals surface area contributed by atoms with E-state index in [-0.39, 0.29) is 11.7 Å². The molecule has 5 heterocycles. The predicted molar refractivity (Wildman–Crippen MR) is 108 cm³/mol. The summed E-state index contributed by atoms with van der Waals surface area (Å²) in [7, 11) is 0. The summed E-state index contributed by atoms with van der Waals surface area (Å²) in [5.74, 6) is 1.33. The lowest BCUT2D eigenvalue weighted by atomic mass is 9.93. The summed E-state index contributed by atoms with van der Waals surface area (Å²) in [4.78, 5) is 8.92. The summed E-state index contributed by atoms with van der Waals surface area (Å²) in [5.41, 5.74) is 6.12. The molecule has 0 radical (unpaired) electrons. The van der Waals surface area contributed by atoms with Crippen molar-refractivity contribution in [2.24, 2.45) is 0 Å². The Morgan fingerprint density at radius 1 is 1.03 bits per heavy atom. The van der Waals surface area contributed by atoms with Crippen molar-refractivity contribution in [2.75, 3.05) is 13.2 Å². The van der Waals surface area contributed by atoms with Crippen LogP contribution in [0.2, 0.25) is 0 Å². The maximum Gasteiger partial charge on any atom is 0.163 e. The van der Waals surface area contributed by atoms with Crippen LogP contribution in [0.15, 0.2) is 42.9 Å². The van der Waals surface area contributed by atoms with Crippen molar-refractivity contribution in [3.05, 3.63) is 71.2 Å². The van der Waals surface area contributed by atoms with Crippen molar-refractivity contribution in [3.8, 4) is 22.6 Å². The Labute approximate surface area is 172 Å². The predicted octanol–water partition coefficient (Wildman–Crippen LogP) is 3.89. The van der Waals surface area contributed by atoms with Gasteiger partial charge in [0, 0.05) is 28.6 Å². The smallest absolute Gasteiger partial charge is 0.163 e. The Morgan fingerprint density at radius 3 is 2.77 bits per heavy atom. The number of benzene rings is 1. The average Bonchev–Trinajstić information content (AvgIpc) is 3.40. The summed E-state index contributed by atoms with van der Waals surface area (Å²) in [6.45, 7) is 2.89. The number of aromatic nitrogens is 4. The van der Waals surface area contributed by atoms with Gasteiger partial charge in [-0.2, -0.15) is 5.10 Å². The van der Waals surface area contributed by atoms with Crippen LogP contribution in [-0.2, 0) is 12.8 Å². The topological polar surface area (TPSA) is 61.5 Å². The van der Waals surface area contributed by atoms with Crippen LogP contribution in [-0.4, -0.2) is 32.8 Å². The van der Waals surface area contributed by atoms with Gasteiger partial charge in [0.25, 0.3) is 0 Å². The number of halogens is 1. The molecule has 3 aromatic heterocycles. The van der Waals surface area contributed by atoms with Crippen LogP contribution in [0.3, 0.4) is 0 Å². The molecule has 150 valence electrons. The Balaban J connectivity index is 1.54. The maximum atomic E-state index is 14.7. The van der Waals surface area contributed by atoms with Crippen molar-refractivity contribution >= 4 is 5.65 Å². The van der Waals surface area contributed by atoms with E-state index in [0.29, 0.717) is 31.6 Å². The van der Waals surface area contributed by atoms with Gasteiger partial charge in [-0.25, -0.2) is 13.9 Å². The first-order valence-electron chi connectivity index (χ1n) is 10.0. The quantitative estimate of drug-likeness (QED) is 0.483. The lowest BCUT2D eigenvalue weighted by Gasteiger charge is -2.16. The minimum absolute atomic E-state index is 0.00618. The molecule has 0 unspecified atom stereocenters. The van der Waals surface area contributed by atoms with Crippen LogP contribution in [0.5, 0.6) is 11.5 Å². The first-order valence-corrected chi connectivity index (χ1v) is 10.0. The Hall–Kier alpha value is -3.48. The van der Waals surface area contributed by atoms with Gasteiger partial charge in [-0.1, -0.05) is 6.07 Å². The largest absolute Gasteiger partial charge is 0.493 e. The van der Waals surface area contributed by atoms with Gasteiger partial charge in [0.05, 0.1) is 24.8 Å². The fourth-order valence-corrected chi connectivity index (χ4v) is 4.61. The summed E-state index contributed by atoms with van der Waals surface area (Å²) >= 11 is 0. The van der Waals surface area contributed by atoms with E-state index in [9.17, 15) is 4.39 Å². The first kappa shape index (κ1) is 17.4. The molecule has 1 aromatic carbocycles. The number of nitrogens with zero attached hydrogens (tertiary/aromatic N) is 4. The Kier molecular flexibility index (Phi) is 3.78. The van der Waals surface area contributed by atoms with Gasteiger partial charge in [0.15, 0.2) is 5.65 Å². The van der Waals surface area contributed by atoms with Crippen molar-refractivity contribution < 1.29 is 13.9 Å². The number of rotatable bonds is 1. The van der Waals surface area contributed by atoms with E-state index in [1.54, 1.807) is 18.6 Å². The summed E-state index contributed by atoms with van der Waals surface area (Å²) in [6, 6.07) is 9.17. The molecule has 6 nitrogen and oxygen atoms in total. The zero-order valence-electron chi connectivity index (χ0n) is 16.4. The number of ether oxygens (including phenoxy) is 2. The lowest BCUT2D eigenvalue weighted by Crippen LogP contribution is -2.13. The average molecular weight is 402 g/mol. The molecule has 1 atom stereocenters. The molecule has 0 N–H and O–H groups in total. The second kappa shape index (κ2) is 6.52. The summed E-state index contributed by atoms with van der Waals surface area (Å²) in [5, 5.41) is 4.47. The molecule has 0 aliphatic carbocycles. The van der Waals surface area contributed by atoms with Crippen molar-refractivity contribution in [2.45, 2.75) is 25.7 Å². The highest BCUT2D eigenvalue weighted by atomic mass is 19.1. The molecule has 0 amide bonds. The number of hydrogen-bond donors (Lipinski definition) is 0. The van der Waals surface area contributed by atoms with Gasteiger partial charge in [0.1, 0.15) is 23.6 Å². The van der Waals surface area contributed by atoms with Gasteiger partial charge in [-0.15, -0.1) is 0 Å². The second-order valence-electron chi connectivity index (χ2n) is 7.76. The van der Waals surface area contributed by atoms with E-state index in [4.69, 9.17) is 9.47 Å². The third-order valence-corrected chi connectivity index (χ3v) is 6.06. The molecule has 2 aliphatic heterocycles. The maximum absolute atomic E-state index is 14.7. The SMILES string of the molecule is Cc1ncccc1-c1cc2c(n3ncnc13)CCc1c(F)ccc3c1[C@H](CO3)CO2. The van der Waals surface area contributed by atoms with Gasteiger partial charge < -0.3 is 9.47 Å². The van der Waals surface area contributed by atoms with E-state index in [1.165, 1.54) is 6.07 Å². The van der Waals surface area contributed by atoms with Crippen LogP contribution in [0, 0.1) is 12.7 Å². The van der Waals surface area contributed by atoms with E-state index >= 15 is 0 Å². The van der Waals surface area contributed by atoms with Gasteiger partial charge >= 0.3 is 0 Å². The Morgan fingerprint density at radius 2 is 1.90 bits per heavy atom. The van der Waals surface area contributed by atoms with Gasteiger partial charge in [0.2, 0.25) is 0 Å². The zero-order chi connectivity index (χ0) is 20.2. The van der Waals surface area contributed by atoms with Crippen LogP contribution < -0.4 is 9.47 Å². The number of aryl methyl sites for hydroxylation is 2. The normalized spacial score (nSPS) is 17.3. The van der Waals surface area contributed by atoms with E-state index < -0.39 is 0 Å². The van der Waals surface area contributed by atoms with Crippen LogP contribution in [0.25, 0.3) is 16.8 Å². The van der Waals surface area contributed by atoms with Crippen LogP contribution in [0.4, 0.5) is 4.39 Å². The number of fused-ring (bicyclic) bond motifs is 3. The highest BCUT2D eigenvalue weighted by molar-refractivity contribution is 5.80. The highest BCUT2D eigenvalue weighted by Crippen LogP contribution is 2.41. The molecule has 0 spiro atoms. The highest BCUT2D eigenvalue weighted by Gasteiger charge is 2.31. The Bertz CT molecular complexity index is 1300. The molecule has 2 aliphatic rings.